The molecule has 0 saturated carbocycles. The van der Waals surface area contributed by atoms with Gasteiger partial charge in [0.25, 0.3) is 0 Å². The molecular weight excluding hydrogens is 248 g/mol. The number of hydrogen-bond acceptors (Lipinski definition) is 4. The van der Waals surface area contributed by atoms with Gasteiger partial charge in [0, 0.05) is 5.57 Å². The first-order valence-electron chi connectivity index (χ1n) is 5.67. The second-order valence-corrected chi connectivity index (χ2v) is 3.81. The molecule has 5 heteroatoms. The lowest BCUT2D eigenvalue weighted by Gasteiger charge is -2.03. The second kappa shape index (κ2) is 9.96. The van der Waals surface area contributed by atoms with Gasteiger partial charge in [-0.05, 0) is 25.0 Å². The molecule has 1 aromatic carbocycles. The Hall–Kier alpha value is -2.01. The van der Waals surface area contributed by atoms with Gasteiger partial charge < -0.3 is 20.4 Å². The van der Waals surface area contributed by atoms with E-state index in [2.05, 4.69) is 11.3 Å². The van der Waals surface area contributed by atoms with Crippen LogP contribution in [0, 0.1) is 0 Å². The first kappa shape index (κ1) is 19.3. The van der Waals surface area contributed by atoms with Gasteiger partial charge in [-0.2, -0.15) is 0 Å². The molecule has 0 saturated heterocycles. The number of methoxy groups -OCH3 is 1. The van der Waals surface area contributed by atoms with E-state index >= 15 is 0 Å². The van der Waals surface area contributed by atoms with Gasteiger partial charge >= 0.3 is 5.97 Å². The van der Waals surface area contributed by atoms with Crippen LogP contribution in [0.2, 0.25) is 0 Å². The maximum Gasteiger partial charge on any atom is 0.332 e. The molecule has 0 aliphatic carbocycles. The van der Waals surface area contributed by atoms with E-state index in [-0.39, 0.29) is 22.9 Å². The molecule has 19 heavy (non-hydrogen) atoms. The van der Waals surface area contributed by atoms with Gasteiger partial charge in [-0.3, -0.25) is 0 Å². The molecule has 108 valence electrons. The first-order chi connectivity index (χ1) is 8.43. The summed E-state index contributed by atoms with van der Waals surface area (Å²) in [5.74, 6) is -0.356. The van der Waals surface area contributed by atoms with Crippen molar-refractivity contribution in [3.63, 3.8) is 0 Å². The number of para-hydroxylation sites is 1. The Bertz CT molecular complexity index is 412. The number of phenolic OH excluding ortho intramolecular Hbond substituents is 2. The van der Waals surface area contributed by atoms with Gasteiger partial charge in [0.1, 0.15) is 0 Å². The van der Waals surface area contributed by atoms with E-state index in [4.69, 9.17) is 5.11 Å². The molecule has 0 fully saturated rings. The molecule has 0 unspecified atom stereocenters. The Morgan fingerprint density at radius 3 is 2.32 bits per heavy atom. The third-order valence-electron chi connectivity index (χ3n) is 2.15. The summed E-state index contributed by atoms with van der Waals surface area (Å²) in [5, 5.41) is 18.4. The largest absolute Gasteiger partial charge is 0.504 e. The van der Waals surface area contributed by atoms with E-state index < -0.39 is 0 Å². The van der Waals surface area contributed by atoms with Crippen LogP contribution in [0.4, 0.5) is 0 Å². The van der Waals surface area contributed by atoms with Gasteiger partial charge in [0.15, 0.2) is 11.5 Å². The Kier molecular flexibility index (Phi) is 10.1. The molecule has 0 bridgehead atoms. The molecule has 0 radical (unpaired) electrons. The summed E-state index contributed by atoms with van der Waals surface area (Å²) in [5.41, 5.74) is 1.25. The number of esters is 1. The molecule has 1 rings (SSSR count). The van der Waals surface area contributed by atoms with Crippen molar-refractivity contribution >= 4 is 5.97 Å². The zero-order valence-electron chi connectivity index (χ0n) is 11.6. The molecule has 0 heterocycles. The van der Waals surface area contributed by atoms with E-state index in [9.17, 15) is 9.90 Å². The van der Waals surface area contributed by atoms with Crippen molar-refractivity contribution in [2.45, 2.75) is 26.7 Å². The average molecular weight is 270 g/mol. The minimum atomic E-state index is -0.347. The van der Waals surface area contributed by atoms with Crippen LogP contribution in [0.25, 0.3) is 0 Å². The molecule has 0 aliphatic rings. The third kappa shape index (κ3) is 7.10. The number of aromatic hydroxyl groups is 2. The van der Waals surface area contributed by atoms with E-state index in [1.54, 1.807) is 13.0 Å². The summed E-state index contributed by atoms with van der Waals surface area (Å²) in [7, 11) is 1.33. The van der Waals surface area contributed by atoms with Crippen molar-refractivity contribution in [2.75, 3.05) is 7.11 Å². The molecular formula is C14H22O5. The summed E-state index contributed by atoms with van der Waals surface area (Å²) < 4.78 is 4.27. The molecule has 0 aliphatic heterocycles. The summed E-state index contributed by atoms with van der Waals surface area (Å²) in [6.45, 7) is 6.99. The van der Waals surface area contributed by atoms with Crippen LogP contribution in [-0.2, 0) is 16.0 Å². The Labute approximate surface area is 113 Å². The highest BCUT2D eigenvalue weighted by Crippen LogP contribution is 2.28. The van der Waals surface area contributed by atoms with Crippen LogP contribution in [-0.4, -0.2) is 28.8 Å². The maximum atomic E-state index is 10.2. The quantitative estimate of drug-likeness (QED) is 0.498. The highest BCUT2D eigenvalue weighted by molar-refractivity contribution is 5.86. The number of benzene rings is 1. The number of carbonyl (C=O) groups is 1. The fraction of sp³-hybridized carbons (Fsp3) is 0.357. The zero-order chi connectivity index (χ0) is 14.1. The van der Waals surface area contributed by atoms with Gasteiger partial charge in [0.05, 0.1) is 7.11 Å². The maximum absolute atomic E-state index is 10.2. The molecule has 5 nitrogen and oxygen atoms in total. The summed E-state index contributed by atoms with van der Waals surface area (Å²) in [6, 6.07) is 5.03. The number of ether oxygens (including phenoxy) is 1. The van der Waals surface area contributed by atoms with E-state index in [0.29, 0.717) is 5.57 Å². The number of hydrogen-bond donors (Lipinski definition) is 2. The van der Waals surface area contributed by atoms with Crippen molar-refractivity contribution in [3.05, 3.63) is 35.9 Å². The van der Waals surface area contributed by atoms with E-state index in [1.165, 1.54) is 13.2 Å². The predicted octanol–water partition coefficient (Wildman–Crippen LogP) is 1.96. The van der Waals surface area contributed by atoms with Crippen LogP contribution < -0.4 is 0 Å². The fourth-order valence-electron chi connectivity index (χ4n) is 1.22. The Morgan fingerprint density at radius 1 is 1.37 bits per heavy atom. The molecule has 0 atom stereocenters. The molecule has 4 N–H and O–H groups in total. The SMILES string of the molecule is C=C(C)C(=O)OC.CCCc1cccc(O)c1O.O. The summed E-state index contributed by atoms with van der Waals surface area (Å²) in [4.78, 5) is 10.2. The van der Waals surface area contributed by atoms with Crippen molar-refractivity contribution < 1.29 is 25.2 Å². The van der Waals surface area contributed by atoms with Crippen molar-refractivity contribution in [3.8, 4) is 11.5 Å². The molecule has 0 spiro atoms. The predicted molar refractivity (Wildman–Crippen MR) is 74.2 cm³/mol. The van der Waals surface area contributed by atoms with E-state index in [0.717, 1.165) is 18.4 Å². The summed E-state index contributed by atoms with van der Waals surface area (Å²) in [6.07, 6.45) is 1.78. The highest BCUT2D eigenvalue weighted by Gasteiger charge is 2.03. The van der Waals surface area contributed by atoms with Crippen LogP contribution in [0.3, 0.4) is 0 Å². The van der Waals surface area contributed by atoms with Gasteiger partial charge in [-0.15, -0.1) is 0 Å². The monoisotopic (exact) mass is 270 g/mol. The minimum Gasteiger partial charge on any atom is -0.504 e. The van der Waals surface area contributed by atoms with E-state index in [1.807, 2.05) is 13.0 Å². The fourth-order valence-corrected chi connectivity index (χ4v) is 1.22. The van der Waals surface area contributed by atoms with Gasteiger partial charge in [0.2, 0.25) is 0 Å². The smallest absolute Gasteiger partial charge is 0.332 e. The Balaban J connectivity index is 0. The van der Waals surface area contributed by atoms with Gasteiger partial charge in [-0.1, -0.05) is 32.1 Å². The molecule has 0 amide bonds. The lowest BCUT2D eigenvalue weighted by Crippen LogP contribution is -1.98. The van der Waals surface area contributed by atoms with Crippen molar-refractivity contribution in [1.82, 2.24) is 0 Å². The topological polar surface area (TPSA) is 98.3 Å². The van der Waals surface area contributed by atoms with Gasteiger partial charge in [-0.25, -0.2) is 4.79 Å². The van der Waals surface area contributed by atoms with Crippen LogP contribution in [0.15, 0.2) is 30.4 Å². The second-order valence-electron chi connectivity index (χ2n) is 3.81. The third-order valence-corrected chi connectivity index (χ3v) is 2.15. The number of aryl methyl sites for hydroxylation is 1. The van der Waals surface area contributed by atoms with Crippen LogP contribution in [0.5, 0.6) is 11.5 Å². The van der Waals surface area contributed by atoms with Crippen LogP contribution >= 0.6 is 0 Å². The van der Waals surface area contributed by atoms with Crippen molar-refractivity contribution in [2.24, 2.45) is 0 Å². The van der Waals surface area contributed by atoms with Crippen molar-refractivity contribution in [1.29, 1.82) is 0 Å². The number of carbonyl (C=O) groups excluding carboxylic acids is 1. The highest BCUT2D eigenvalue weighted by atomic mass is 16.5. The molecule has 0 aromatic heterocycles. The normalized spacial score (nSPS) is 8.58. The standard InChI is InChI=1S/C9H12O2.C5H8O2.H2O/c1-2-4-7-5-3-6-8(10)9(7)11;1-4(2)5(6)7-3;/h3,5-6,10-11H,2,4H2,1H3;1H2,2-3H3;1H2. The number of rotatable bonds is 3. The summed E-state index contributed by atoms with van der Waals surface area (Å²) >= 11 is 0. The Morgan fingerprint density at radius 2 is 1.95 bits per heavy atom. The first-order valence-corrected chi connectivity index (χ1v) is 5.67. The number of phenols is 2. The lowest BCUT2D eigenvalue weighted by atomic mass is 10.1. The zero-order valence-corrected chi connectivity index (χ0v) is 11.6. The lowest BCUT2D eigenvalue weighted by molar-refractivity contribution is -0.136. The van der Waals surface area contributed by atoms with Crippen LogP contribution in [0.1, 0.15) is 25.8 Å². The minimum absolute atomic E-state index is 0. The molecule has 1 aromatic rings. The average Bonchev–Trinajstić information content (AvgIpc) is 2.35.